The number of halogens is 1. The summed E-state index contributed by atoms with van der Waals surface area (Å²) < 4.78 is 5.69. The van der Waals surface area contributed by atoms with Crippen molar-refractivity contribution in [1.82, 2.24) is 5.32 Å². The molecule has 1 aliphatic carbocycles. The van der Waals surface area contributed by atoms with Crippen LogP contribution in [-0.4, -0.2) is 18.9 Å². The van der Waals surface area contributed by atoms with Crippen LogP contribution in [-0.2, 0) is 4.74 Å². The summed E-state index contributed by atoms with van der Waals surface area (Å²) in [5.74, 6) is 0.795. The van der Waals surface area contributed by atoms with E-state index in [0.29, 0.717) is 12.3 Å². The number of nitrogens with one attached hydrogen (secondary N) is 1. The molecular formula is C10H20ClNO. The van der Waals surface area contributed by atoms with Crippen LogP contribution in [0.25, 0.3) is 0 Å². The summed E-state index contributed by atoms with van der Waals surface area (Å²) in [7, 11) is 0. The summed E-state index contributed by atoms with van der Waals surface area (Å²) in [6, 6.07) is 0.567. The van der Waals surface area contributed by atoms with Gasteiger partial charge in [0, 0.05) is 6.04 Å². The Morgan fingerprint density at radius 1 is 1.15 bits per heavy atom. The van der Waals surface area contributed by atoms with Crippen LogP contribution in [0.5, 0.6) is 0 Å². The Labute approximate surface area is 86.8 Å². The van der Waals surface area contributed by atoms with Gasteiger partial charge in [0.1, 0.15) is 6.23 Å². The normalized spacial score (nSPS) is 35.8. The van der Waals surface area contributed by atoms with E-state index in [2.05, 4.69) is 12.2 Å². The summed E-state index contributed by atoms with van der Waals surface area (Å²) >= 11 is 0. The van der Waals surface area contributed by atoms with Gasteiger partial charge in [0.2, 0.25) is 0 Å². The summed E-state index contributed by atoms with van der Waals surface area (Å²) in [5.41, 5.74) is 0. The Bertz CT molecular complexity index is 145. The largest absolute Gasteiger partial charge is 0.361 e. The van der Waals surface area contributed by atoms with Crippen molar-refractivity contribution in [2.75, 3.05) is 6.61 Å². The van der Waals surface area contributed by atoms with Crippen LogP contribution in [0.15, 0.2) is 0 Å². The molecule has 0 aromatic rings. The van der Waals surface area contributed by atoms with Crippen molar-refractivity contribution >= 4 is 12.4 Å². The molecule has 0 aromatic carbocycles. The van der Waals surface area contributed by atoms with Crippen LogP contribution in [0.1, 0.15) is 39.0 Å². The highest BCUT2D eigenvalue weighted by atomic mass is 35.5. The topological polar surface area (TPSA) is 21.3 Å². The number of hydrogen-bond acceptors (Lipinski definition) is 2. The highest BCUT2D eigenvalue weighted by Crippen LogP contribution is 2.28. The molecule has 0 radical (unpaired) electrons. The highest BCUT2D eigenvalue weighted by Gasteiger charge is 2.29. The Kier molecular flexibility index (Phi) is 4.50. The quantitative estimate of drug-likeness (QED) is 0.710. The molecule has 0 bridgehead atoms. The molecule has 1 heterocycles. The van der Waals surface area contributed by atoms with Gasteiger partial charge in [-0.05, 0) is 25.7 Å². The van der Waals surface area contributed by atoms with Crippen molar-refractivity contribution in [1.29, 1.82) is 0 Å². The lowest BCUT2D eigenvalue weighted by Crippen LogP contribution is -2.35. The molecule has 2 rings (SSSR count). The molecule has 13 heavy (non-hydrogen) atoms. The lowest BCUT2D eigenvalue weighted by Gasteiger charge is -2.26. The zero-order valence-electron chi connectivity index (χ0n) is 8.29. The minimum Gasteiger partial charge on any atom is -0.361 e. The van der Waals surface area contributed by atoms with Crippen molar-refractivity contribution in [3.05, 3.63) is 0 Å². The first-order valence-electron chi connectivity index (χ1n) is 5.24. The van der Waals surface area contributed by atoms with Gasteiger partial charge < -0.3 is 4.74 Å². The van der Waals surface area contributed by atoms with Crippen molar-refractivity contribution < 1.29 is 4.74 Å². The number of hydrogen-bond donors (Lipinski definition) is 1. The summed E-state index contributed by atoms with van der Waals surface area (Å²) in [6.45, 7) is 3.10. The molecule has 0 spiro atoms. The minimum atomic E-state index is 0. The SMILES string of the molecule is CC1COC(C2CCCCC2)N1.Cl. The van der Waals surface area contributed by atoms with Gasteiger partial charge in [0.25, 0.3) is 0 Å². The molecule has 78 valence electrons. The maximum absolute atomic E-state index is 5.69. The smallest absolute Gasteiger partial charge is 0.111 e. The third kappa shape index (κ3) is 2.83. The molecule has 1 saturated heterocycles. The molecule has 3 heteroatoms. The van der Waals surface area contributed by atoms with Gasteiger partial charge in [-0.1, -0.05) is 19.3 Å². The average molecular weight is 206 g/mol. The highest BCUT2D eigenvalue weighted by molar-refractivity contribution is 5.85. The van der Waals surface area contributed by atoms with E-state index in [4.69, 9.17) is 4.74 Å². The van der Waals surface area contributed by atoms with Crippen molar-refractivity contribution in [2.24, 2.45) is 5.92 Å². The van der Waals surface area contributed by atoms with Crippen LogP contribution >= 0.6 is 12.4 Å². The third-order valence-electron chi connectivity index (χ3n) is 3.05. The van der Waals surface area contributed by atoms with E-state index in [1.165, 1.54) is 32.1 Å². The van der Waals surface area contributed by atoms with E-state index < -0.39 is 0 Å². The van der Waals surface area contributed by atoms with Crippen molar-refractivity contribution in [3.8, 4) is 0 Å². The van der Waals surface area contributed by atoms with E-state index in [1.54, 1.807) is 0 Å². The molecule has 2 atom stereocenters. The van der Waals surface area contributed by atoms with Crippen LogP contribution < -0.4 is 5.32 Å². The third-order valence-corrected chi connectivity index (χ3v) is 3.05. The first-order valence-corrected chi connectivity index (χ1v) is 5.24. The fourth-order valence-electron chi connectivity index (χ4n) is 2.33. The standard InChI is InChI=1S/C10H19NO.ClH/c1-8-7-12-10(11-8)9-5-3-2-4-6-9;/h8-11H,2-7H2,1H3;1H. The molecule has 2 nitrogen and oxygen atoms in total. The maximum atomic E-state index is 5.69. The molecule has 1 N–H and O–H groups in total. The minimum absolute atomic E-state index is 0. The summed E-state index contributed by atoms with van der Waals surface area (Å²) in [5, 5.41) is 3.50. The van der Waals surface area contributed by atoms with Crippen molar-refractivity contribution in [3.63, 3.8) is 0 Å². The fourth-order valence-corrected chi connectivity index (χ4v) is 2.33. The molecule has 0 amide bonds. The Morgan fingerprint density at radius 2 is 1.85 bits per heavy atom. The zero-order chi connectivity index (χ0) is 8.39. The molecular weight excluding hydrogens is 186 g/mol. The first-order chi connectivity index (χ1) is 5.86. The van der Waals surface area contributed by atoms with E-state index in [-0.39, 0.29) is 12.4 Å². The second-order valence-electron chi connectivity index (χ2n) is 4.22. The Balaban J connectivity index is 0.000000845. The number of ether oxygens (including phenoxy) is 1. The lowest BCUT2D eigenvalue weighted by atomic mass is 9.88. The van der Waals surface area contributed by atoms with E-state index in [9.17, 15) is 0 Å². The van der Waals surface area contributed by atoms with Crippen LogP contribution in [0.3, 0.4) is 0 Å². The van der Waals surface area contributed by atoms with Crippen molar-refractivity contribution in [2.45, 2.75) is 51.3 Å². The second kappa shape index (κ2) is 5.18. The Morgan fingerprint density at radius 3 is 2.38 bits per heavy atom. The molecule has 1 aliphatic heterocycles. The predicted octanol–water partition coefficient (Wildman–Crippen LogP) is 2.32. The van der Waals surface area contributed by atoms with Gasteiger partial charge in [-0.3, -0.25) is 5.32 Å². The van der Waals surface area contributed by atoms with Gasteiger partial charge in [-0.2, -0.15) is 0 Å². The van der Waals surface area contributed by atoms with Crippen LogP contribution in [0.2, 0.25) is 0 Å². The van der Waals surface area contributed by atoms with Gasteiger partial charge in [-0.15, -0.1) is 12.4 Å². The molecule has 2 fully saturated rings. The van der Waals surface area contributed by atoms with Gasteiger partial charge in [-0.25, -0.2) is 0 Å². The average Bonchev–Trinajstić information content (AvgIpc) is 2.54. The van der Waals surface area contributed by atoms with E-state index in [1.807, 2.05) is 0 Å². The monoisotopic (exact) mass is 205 g/mol. The van der Waals surface area contributed by atoms with Crippen LogP contribution in [0.4, 0.5) is 0 Å². The predicted molar refractivity (Wildman–Crippen MR) is 56.2 cm³/mol. The first kappa shape index (κ1) is 11.3. The van der Waals surface area contributed by atoms with Gasteiger partial charge in [0.15, 0.2) is 0 Å². The zero-order valence-corrected chi connectivity index (χ0v) is 9.11. The maximum Gasteiger partial charge on any atom is 0.111 e. The van der Waals surface area contributed by atoms with Gasteiger partial charge >= 0.3 is 0 Å². The summed E-state index contributed by atoms with van der Waals surface area (Å²) in [4.78, 5) is 0. The van der Waals surface area contributed by atoms with Crippen LogP contribution in [0, 0.1) is 5.92 Å². The fraction of sp³-hybridized carbons (Fsp3) is 1.00. The molecule has 1 saturated carbocycles. The second-order valence-corrected chi connectivity index (χ2v) is 4.22. The number of rotatable bonds is 1. The van der Waals surface area contributed by atoms with Gasteiger partial charge in [0.05, 0.1) is 6.61 Å². The Hall–Kier alpha value is 0.210. The van der Waals surface area contributed by atoms with E-state index >= 15 is 0 Å². The van der Waals surface area contributed by atoms with E-state index in [0.717, 1.165) is 12.5 Å². The molecule has 0 aromatic heterocycles. The summed E-state index contributed by atoms with van der Waals surface area (Å²) in [6.07, 6.45) is 7.34. The molecule has 2 aliphatic rings. The lowest BCUT2D eigenvalue weighted by molar-refractivity contribution is 0.0367. The molecule has 2 unspecified atom stereocenters.